The summed E-state index contributed by atoms with van der Waals surface area (Å²) in [5, 5.41) is 15.0. The van der Waals surface area contributed by atoms with Crippen molar-refractivity contribution in [1.29, 1.82) is 0 Å². The van der Waals surface area contributed by atoms with Crippen molar-refractivity contribution < 1.29 is 4.79 Å². The first-order valence-corrected chi connectivity index (χ1v) is 8.83. The maximum absolute atomic E-state index is 12.6. The van der Waals surface area contributed by atoms with Crippen LogP contribution in [0.25, 0.3) is 10.9 Å². The Hall–Kier alpha value is -2.41. The van der Waals surface area contributed by atoms with Gasteiger partial charge in [0.05, 0.1) is 17.3 Å². The lowest BCUT2D eigenvalue weighted by Gasteiger charge is -2.10. The third-order valence-electron chi connectivity index (χ3n) is 3.68. The fourth-order valence-electron chi connectivity index (χ4n) is 2.49. The molecule has 7 heteroatoms. The number of benzene rings is 1. The monoisotopic (exact) mass is 341 g/mol. The summed E-state index contributed by atoms with van der Waals surface area (Å²) in [5.74, 6) is 0.667. The second-order valence-corrected chi connectivity index (χ2v) is 6.54. The highest BCUT2D eigenvalue weighted by Crippen LogP contribution is 2.20. The lowest BCUT2D eigenvalue weighted by Crippen LogP contribution is -2.26. The number of carbonyl (C=O) groups excluding carboxylic acids is 1. The quantitative estimate of drug-likeness (QED) is 0.532. The van der Waals surface area contributed by atoms with E-state index in [2.05, 4.69) is 44.8 Å². The minimum atomic E-state index is -0.0699. The van der Waals surface area contributed by atoms with Crippen LogP contribution in [0.3, 0.4) is 0 Å². The first kappa shape index (κ1) is 16.4. The Balaban J connectivity index is 1.73. The molecule has 0 aliphatic carbocycles. The number of fused-ring (bicyclic) bond motifs is 1. The number of aromatic nitrogens is 4. The van der Waals surface area contributed by atoms with E-state index < -0.39 is 0 Å². The van der Waals surface area contributed by atoms with Crippen molar-refractivity contribution in [3.05, 3.63) is 47.3 Å². The van der Waals surface area contributed by atoms with E-state index in [-0.39, 0.29) is 5.91 Å². The summed E-state index contributed by atoms with van der Waals surface area (Å²) < 4.78 is 0. The predicted octanol–water partition coefficient (Wildman–Crippen LogP) is 2.75. The first-order chi connectivity index (χ1) is 11.7. The molecule has 0 aliphatic rings. The zero-order valence-electron chi connectivity index (χ0n) is 13.7. The van der Waals surface area contributed by atoms with Gasteiger partial charge in [0, 0.05) is 23.4 Å². The van der Waals surface area contributed by atoms with Gasteiger partial charge in [-0.1, -0.05) is 13.0 Å². The molecule has 24 heavy (non-hydrogen) atoms. The minimum Gasteiger partial charge on any atom is -0.351 e. The van der Waals surface area contributed by atoms with Gasteiger partial charge in [-0.3, -0.25) is 9.78 Å². The number of hydrogen-bond acceptors (Lipinski definition) is 5. The van der Waals surface area contributed by atoms with Gasteiger partial charge in [0.1, 0.15) is 5.03 Å². The molecule has 1 amide bonds. The third-order valence-corrected chi connectivity index (χ3v) is 4.59. The van der Waals surface area contributed by atoms with Crippen LogP contribution < -0.4 is 5.32 Å². The van der Waals surface area contributed by atoms with Crippen molar-refractivity contribution in [2.24, 2.45) is 0 Å². The fraction of sp³-hybridized carbons (Fsp3) is 0.294. The molecular formula is C17H19N5OS. The maximum Gasteiger partial charge on any atom is 0.252 e. The summed E-state index contributed by atoms with van der Waals surface area (Å²) in [6.45, 7) is 4.57. The highest BCUT2D eigenvalue weighted by Gasteiger charge is 2.12. The molecule has 0 bridgehead atoms. The van der Waals surface area contributed by atoms with Crippen LogP contribution in [0.15, 0.2) is 35.5 Å². The number of carbonyl (C=O) groups is 1. The summed E-state index contributed by atoms with van der Waals surface area (Å²) >= 11 is 1.55. The van der Waals surface area contributed by atoms with Gasteiger partial charge >= 0.3 is 0 Å². The summed E-state index contributed by atoms with van der Waals surface area (Å²) in [6, 6.07) is 7.95. The number of hydrogen-bond donors (Lipinski definition) is 2. The van der Waals surface area contributed by atoms with E-state index in [9.17, 15) is 4.79 Å². The third kappa shape index (κ3) is 3.73. The zero-order valence-corrected chi connectivity index (χ0v) is 14.5. The number of thioether (sulfide) groups is 1. The highest BCUT2D eigenvalue weighted by molar-refractivity contribution is 7.99. The van der Waals surface area contributed by atoms with Gasteiger partial charge in [-0.2, -0.15) is 10.3 Å². The maximum atomic E-state index is 12.6. The fourth-order valence-corrected chi connectivity index (χ4v) is 3.14. The molecular weight excluding hydrogens is 322 g/mol. The van der Waals surface area contributed by atoms with Crippen molar-refractivity contribution in [3.63, 3.8) is 0 Å². The Labute approximate surface area is 144 Å². The Kier molecular flexibility index (Phi) is 5.10. The lowest BCUT2D eigenvalue weighted by atomic mass is 10.0. The Bertz CT molecular complexity index is 848. The molecule has 3 aromatic rings. The SMILES string of the molecule is CCc1ccc2nc(C)cc(C(=O)NCCSc3cn[nH]n3)c2c1. The van der Waals surface area contributed by atoms with Crippen LogP contribution in [0.2, 0.25) is 0 Å². The molecule has 0 fully saturated rings. The van der Waals surface area contributed by atoms with E-state index in [1.165, 1.54) is 5.56 Å². The smallest absolute Gasteiger partial charge is 0.252 e. The molecule has 2 aromatic heterocycles. The number of nitrogens with one attached hydrogen (secondary N) is 2. The van der Waals surface area contributed by atoms with Crippen molar-refractivity contribution in [3.8, 4) is 0 Å². The number of nitrogens with zero attached hydrogens (tertiary/aromatic N) is 3. The van der Waals surface area contributed by atoms with Crippen LogP contribution in [0.1, 0.15) is 28.5 Å². The van der Waals surface area contributed by atoms with E-state index in [4.69, 9.17) is 0 Å². The highest BCUT2D eigenvalue weighted by atomic mass is 32.2. The molecule has 0 aliphatic heterocycles. The molecule has 0 saturated carbocycles. The molecule has 3 rings (SSSR count). The number of H-pyrrole nitrogens is 1. The van der Waals surface area contributed by atoms with Crippen molar-refractivity contribution in [2.45, 2.75) is 25.3 Å². The second-order valence-electron chi connectivity index (χ2n) is 5.43. The van der Waals surface area contributed by atoms with Crippen molar-refractivity contribution in [2.75, 3.05) is 12.3 Å². The molecule has 0 unspecified atom stereocenters. The normalized spacial score (nSPS) is 10.9. The minimum absolute atomic E-state index is 0.0699. The second kappa shape index (κ2) is 7.44. The average Bonchev–Trinajstić information content (AvgIpc) is 3.10. The van der Waals surface area contributed by atoms with Crippen molar-refractivity contribution >= 4 is 28.6 Å². The summed E-state index contributed by atoms with van der Waals surface area (Å²) in [4.78, 5) is 17.1. The Morgan fingerprint density at radius 2 is 2.21 bits per heavy atom. The molecule has 0 saturated heterocycles. The summed E-state index contributed by atoms with van der Waals surface area (Å²) in [7, 11) is 0. The summed E-state index contributed by atoms with van der Waals surface area (Å²) in [5.41, 5.74) is 3.58. The predicted molar refractivity (Wildman–Crippen MR) is 95.3 cm³/mol. The Morgan fingerprint density at radius 3 is 2.96 bits per heavy atom. The number of aryl methyl sites for hydroxylation is 2. The van der Waals surface area contributed by atoms with Gasteiger partial charge in [-0.25, -0.2) is 0 Å². The average molecular weight is 341 g/mol. The molecule has 1 aromatic carbocycles. The van der Waals surface area contributed by atoms with Gasteiger partial charge in [0.15, 0.2) is 0 Å². The van der Waals surface area contributed by atoms with Crippen LogP contribution in [-0.2, 0) is 6.42 Å². The standard InChI is InChI=1S/C17H19N5OS/c1-3-12-4-5-15-13(9-12)14(8-11(2)20-15)17(23)18-6-7-24-16-10-19-22-21-16/h4-5,8-10H,3,6-7H2,1-2H3,(H,18,23)(H,19,21,22). The van der Waals surface area contributed by atoms with E-state index in [0.29, 0.717) is 12.1 Å². The number of pyridine rings is 1. The van der Waals surface area contributed by atoms with Gasteiger partial charge in [0.25, 0.3) is 5.91 Å². The van der Waals surface area contributed by atoms with E-state index in [1.54, 1.807) is 18.0 Å². The Morgan fingerprint density at radius 1 is 1.33 bits per heavy atom. The van der Waals surface area contributed by atoms with Gasteiger partial charge in [-0.15, -0.1) is 16.9 Å². The zero-order chi connectivity index (χ0) is 16.9. The first-order valence-electron chi connectivity index (χ1n) is 7.84. The van der Waals surface area contributed by atoms with Crippen LogP contribution in [0.5, 0.6) is 0 Å². The van der Waals surface area contributed by atoms with Gasteiger partial charge < -0.3 is 5.32 Å². The van der Waals surface area contributed by atoms with Crippen LogP contribution in [-0.4, -0.2) is 38.6 Å². The van der Waals surface area contributed by atoms with E-state index in [1.807, 2.05) is 19.1 Å². The largest absolute Gasteiger partial charge is 0.351 e. The van der Waals surface area contributed by atoms with Crippen LogP contribution in [0.4, 0.5) is 0 Å². The van der Waals surface area contributed by atoms with Gasteiger partial charge in [0.2, 0.25) is 0 Å². The molecule has 0 spiro atoms. The number of aromatic amines is 1. The molecule has 0 atom stereocenters. The molecule has 0 radical (unpaired) electrons. The van der Waals surface area contributed by atoms with Crippen molar-refractivity contribution in [1.82, 2.24) is 25.7 Å². The topological polar surface area (TPSA) is 83.6 Å². The molecule has 124 valence electrons. The molecule has 6 nitrogen and oxygen atoms in total. The van der Waals surface area contributed by atoms with Gasteiger partial charge in [-0.05, 0) is 37.1 Å². The molecule has 2 heterocycles. The van der Waals surface area contributed by atoms with E-state index in [0.717, 1.165) is 33.8 Å². The molecule has 2 N–H and O–H groups in total. The number of amides is 1. The number of rotatable bonds is 6. The van der Waals surface area contributed by atoms with Crippen LogP contribution in [0, 0.1) is 6.92 Å². The van der Waals surface area contributed by atoms with E-state index >= 15 is 0 Å². The summed E-state index contributed by atoms with van der Waals surface area (Å²) in [6.07, 6.45) is 2.59. The lowest BCUT2D eigenvalue weighted by molar-refractivity contribution is 0.0957. The van der Waals surface area contributed by atoms with Crippen LogP contribution >= 0.6 is 11.8 Å².